The maximum Gasteiger partial charge on any atom is 0.411 e. The first-order valence-corrected chi connectivity index (χ1v) is 19.7. The number of aryl methyl sites for hydroxylation is 1. The van der Waals surface area contributed by atoms with Crippen molar-refractivity contribution in [1.82, 2.24) is 0 Å². The standard InChI is InChI=1S/C48H28F12N2O6/c1-25-3-13-31(14-4-25)65-32-15-5-26(6-16-32)43(45(49,50)51,46(52,53)54)27-7-17-33(18-8-27)66-34-19-11-30(12-20-34)62-40-35-21-9-29(24-38(35)42(64)68-40)44(47(55,56)57,48(58,59)60)28-10-22-36-37(23-28)39(61-2)67-41(36)63/h3-24H,1-2H3. The van der Waals surface area contributed by atoms with E-state index in [4.69, 9.17) is 18.9 Å². The normalized spacial score (nSPS) is 15.6. The van der Waals surface area contributed by atoms with Crippen LogP contribution in [-0.2, 0) is 20.3 Å². The zero-order valence-electron chi connectivity index (χ0n) is 34.6. The van der Waals surface area contributed by atoms with Crippen LogP contribution in [0.3, 0.4) is 0 Å². The van der Waals surface area contributed by atoms with Crippen molar-refractivity contribution in [2.45, 2.75) is 42.5 Å². The summed E-state index contributed by atoms with van der Waals surface area (Å²) >= 11 is 0. The lowest BCUT2D eigenvalue weighted by atomic mass is 9.71. The van der Waals surface area contributed by atoms with E-state index in [0.717, 1.165) is 49.0 Å². The minimum Gasteiger partial charge on any atom is -0.457 e. The fourth-order valence-electron chi connectivity index (χ4n) is 8.00. The van der Waals surface area contributed by atoms with Crippen LogP contribution in [0.25, 0.3) is 0 Å². The van der Waals surface area contributed by atoms with Gasteiger partial charge in [0.15, 0.2) is 0 Å². The van der Waals surface area contributed by atoms with Gasteiger partial charge in [-0.15, -0.1) is 0 Å². The van der Waals surface area contributed by atoms with Gasteiger partial charge in [0.1, 0.15) is 23.0 Å². The molecular weight excluding hydrogens is 929 g/mol. The van der Waals surface area contributed by atoms with E-state index < -0.39 is 92.6 Å². The molecule has 20 heteroatoms. The van der Waals surface area contributed by atoms with Crippen molar-refractivity contribution < 1.29 is 81.2 Å². The molecule has 2 heterocycles. The molecule has 0 N–H and O–H groups in total. The molecule has 68 heavy (non-hydrogen) atoms. The number of hydrogen-bond donors (Lipinski definition) is 0. The van der Waals surface area contributed by atoms with Crippen LogP contribution in [0.4, 0.5) is 58.4 Å². The zero-order chi connectivity index (χ0) is 49.2. The molecule has 6 aromatic carbocycles. The number of cyclic esters (lactones) is 2. The number of fused-ring (bicyclic) bond motifs is 2. The van der Waals surface area contributed by atoms with Crippen molar-refractivity contribution >= 4 is 29.4 Å². The highest BCUT2D eigenvalue weighted by Gasteiger charge is 2.74. The first kappa shape index (κ1) is 46.9. The number of carbonyl (C=O) groups is 2. The summed E-state index contributed by atoms with van der Waals surface area (Å²) in [5.74, 6) is -3.26. The van der Waals surface area contributed by atoms with Gasteiger partial charge in [0.25, 0.3) is 0 Å². The maximum atomic E-state index is 15.0. The molecule has 0 amide bonds. The van der Waals surface area contributed by atoms with E-state index in [1.807, 2.05) is 6.92 Å². The average molecular weight is 957 g/mol. The Kier molecular flexibility index (Phi) is 11.4. The van der Waals surface area contributed by atoms with Crippen molar-refractivity contribution in [3.05, 3.63) is 184 Å². The molecule has 6 aromatic rings. The van der Waals surface area contributed by atoms with Crippen molar-refractivity contribution in [1.29, 1.82) is 0 Å². The van der Waals surface area contributed by atoms with Crippen molar-refractivity contribution in [3.8, 4) is 23.0 Å². The number of alkyl halides is 12. The Morgan fingerprint density at radius 1 is 0.412 bits per heavy atom. The highest BCUT2D eigenvalue weighted by atomic mass is 19.4. The number of esters is 2. The van der Waals surface area contributed by atoms with Crippen LogP contribution in [0.1, 0.15) is 59.7 Å². The Hall–Kier alpha value is -7.64. The highest BCUT2D eigenvalue weighted by Crippen LogP contribution is 2.58. The largest absolute Gasteiger partial charge is 0.457 e. The quantitative estimate of drug-likeness (QED) is 0.106. The zero-order valence-corrected chi connectivity index (χ0v) is 34.6. The predicted octanol–water partition coefficient (Wildman–Crippen LogP) is 13.2. The fourth-order valence-corrected chi connectivity index (χ4v) is 8.00. The monoisotopic (exact) mass is 956 g/mol. The van der Waals surface area contributed by atoms with Gasteiger partial charge in [-0.2, -0.15) is 52.7 Å². The highest BCUT2D eigenvalue weighted by molar-refractivity contribution is 6.18. The van der Waals surface area contributed by atoms with E-state index in [1.54, 1.807) is 24.3 Å². The summed E-state index contributed by atoms with van der Waals surface area (Å²) in [6.45, 7) is 1.81. The summed E-state index contributed by atoms with van der Waals surface area (Å²) < 4.78 is 200. The SMILES string of the molecule is CN=C1OC(=O)c2ccc(C(c3ccc4c(c3)C(=O)OC4=Nc3ccc(Oc4ccc(C(c5ccc(Oc6ccc(C)cc6)cc5)(C(F)(F)F)C(F)(F)F)cc4)cc3)(C(F)(F)F)C(F)(F)F)cc21. The summed E-state index contributed by atoms with van der Waals surface area (Å²) in [5.41, 5.74) is -15.1. The van der Waals surface area contributed by atoms with Gasteiger partial charge in [0, 0.05) is 7.05 Å². The molecular formula is C48H28F12N2O6. The molecule has 0 unspecified atom stereocenters. The first-order valence-electron chi connectivity index (χ1n) is 19.7. The van der Waals surface area contributed by atoms with E-state index in [1.165, 1.54) is 24.3 Å². The molecule has 8 nitrogen and oxygen atoms in total. The Morgan fingerprint density at radius 3 is 1.21 bits per heavy atom. The van der Waals surface area contributed by atoms with Crippen LogP contribution in [0.2, 0.25) is 0 Å². The van der Waals surface area contributed by atoms with E-state index >= 15 is 26.3 Å². The number of aliphatic imine (C=N–C) groups is 2. The van der Waals surface area contributed by atoms with Gasteiger partial charge >= 0.3 is 36.6 Å². The molecule has 0 saturated heterocycles. The van der Waals surface area contributed by atoms with Gasteiger partial charge in [-0.1, -0.05) is 54.1 Å². The van der Waals surface area contributed by atoms with E-state index in [2.05, 4.69) is 9.98 Å². The van der Waals surface area contributed by atoms with Crippen LogP contribution >= 0.6 is 0 Å². The Morgan fingerprint density at radius 2 is 0.765 bits per heavy atom. The van der Waals surface area contributed by atoms with E-state index in [-0.39, 0.29) is 34.1 Å². The fraction of sp³-hybridized carbons (Fsp3) is 0.167. The lowest BCUT2D eigenvalue weighted by Gasteiger charge is -2.38. The first-order chi connectivity index (χ1) is 31.9. The summed E-state index contributed by atoms with van der Waals surface area (Å²) in [4.78, 5) is 32.9. The number of nitrogens with zero attached hydrogens (tertiary/aromatic N) is 2. The van der Waals surface area contributed by atoms with E-state index in [9.17, 15) is 35.9 Å². The minimum atomic E-state index is -6.08. The molecule has 0 bridgehead atoms. The predicted molar refractivity (Wildman–Crippen MR) is 219 cm³/mol. The third-order valence-corrected chi connectivity index (χ3v) is 11.2. The Balaban J connectivity index is 1.05. The molecule has 2 aliphatic heterocycles. The van der Waals surface area contributed by atoms with Crippen LogP contribution in [0, 0.1) is 6.92 Å². The molecule has 0 aliphatic carbocycles. The number of hydrogen-bond acceptors (Lipinski definition) is 8. The molecule has 0 fully saturated rings. The second-order valence-corrected chi connectivity index (χ2v) is 15.3. The van der Waals surface area contributed by atoms with Gasteiger partial charge in [0.05, 0.1) is 27.9 Å². The molecule has 0 spiro atoms. The topological polar surface area (TPSA) is 95.8 Å². The molecule has 350 valence electrons. The second-order valence-electron chi connectivity index (χ2n) is 15.3. The van der Waals surface area contributed by atoms with Crippen molar-refractivity contribution in [3.63, 3.8) is 0 Å². The van der Waals surface area contributed by atoms with Crippen molar-refractivity contribution in [2.24, 2.45) is 9.98 Å². The lowest BCUT2D eigenvalue weighted by molar-refractivity contribution is -0.290. The second kappa shape index (κ2) is 16.6. The number of benzene rings is 6. The van der Waals surface area contributed by atoms with Gasteiger partial charge in [-0.05, 0) is 114 Å². The Bertz CT molecular complexity index is 2970. The molecule has 8 rings (SSSR count). The third-order valence-electron chi connectivity index (χ3n) is 11.2. The smallest absolute Gasteiger partial charge is 0.411 e. The van der Waals surface area contributed by atoms with Crippen LogP contribution in [0.15, 0.2) is 143 Å². The summed E-state index contributed by atoms with van der Waals surface area (Å²) in [6, 6.07) is 21.5. The summed E-state index contributed by atoms with van der Waals surface area (Å²) in [7, 11) is 1.12. The molecule has 0 radical (unpaired) electrons. The number of ether oxygens (including phenoxy) is 4. The third kappa shape index (κ3) is 7.85. The minimum absolute atomic E-state index is 0.00563. The Labute approximate surface area is 376 Å². The van der Waals surface area contributed by atoms with Crippen LogP contribution in [0.5, 0.6) is 23.0 Å². The number of rotatable bonds is 9. The summed E-state index contributed by atoms with van der Waals surface area (Å²) in [6.07, 6.45) is -23.9. The van der Waals surface area contributed by atoms with Gasteiger partial charge in [-0.25, -0.2) is 14.6 Å². The molecule has 2 aliphatic rings. The lowest BCUT2D eigenvalue weighted by Crippen LogP contribution is -2.55. The van der Waals surface area contributed by atoms with Crippen LogP contribution in [-0.4, -0.2) is 55.5 Å². The van der Waals surface area contributed by atoms with Crippen LogP contribution < -0.4 is 9.47 Å². The summed E-state index contributed by atoms with van der Waals surface area (Å²) in [5, 5.41) is 0. The molecule has 0 atom stereocenters. The number of halogens is 12. The van der Waals surface area contributed by atoms with Gasteiger partial charge < -0.3 is 18.9 Å². The van der Waals surface area contributed by atoms with E-state index in [0.29, 0.717) is 54.3 Å². The average Bonchev–Trinajstić information content (AvgIpc) is 3.75. The van der Waals surface area contributed by atoms with Gasteiger partial charge in [0.2, 0.25) is 22.6 Å². The van der Waals surface area contributed by atoms with Crippen molar-refractivity contribution in [2.75, 3.05) is 7.05 Å². The number of carbonyl (C=O) groups excluding carboxylic acids is 2. The molecule has 0 saturated carbocycles. The molecule has 0 aromatic heterocycles. The maximum absolute atomic E-state index is 15.0. The van der Waals surface area contributed by atoms with Gasteiger partial charge in [-0.3, -0.25) is 4.99 Å².